The van der Waals surface area contributed by atoms with E-state index in [1.54, 1.807) is 13.0 Å². The lowest BCUT2D eigenvalue weighted by atomic mass is 9.89. The first-order valence-electron chi connectivity index (χ1n) is 4.97. The standard InChI is InChI=1S/C12H17NO2/c1-8-5-6-12(3,11(14)15-4)7-9(2)10(8)13/h5-8,13H,1-4H3. The molecule has 0 aromatic heterocycles. The van der Waals surface area contributed by atoms with Crippen molar-refractivity contribution >= 4 is 11.7 Å². The highest BCUT2D eigenvalue weighted by molar-refractivity contribution is 6.01. The molecule has 0 radical (unpaired) electrons. The Labute approximate surface area is 90.3 Å². The van der Waals surface area contributed by atoms with Crippen molar-refractivity contribution in [3.05, 3.63) is 23.8 Å². The lowest BCUT2D eigenvalue weighted by molar-refractivity contribution is -0.146. The molecule has 0 saturated heterocycles. The summed E-state index contributed by atoms with van der Waals surface area (Å²) in [5.74, 6) is -0.243. The summed E-state index contributed by atoms with van der Waals surface area (Å²) < 4.78 is 4.76. The van der Waals surface area contributed by atoms with E-state index in [1.165, 1.54) is 7.11 Å². The number of methoxy groups -OCH3 is 1. The SMILES string of the molecule is COC(=O)C1(C)C=CC(C)C(=N)C(C)=C1. The van der Waals surface area contributed by atoms with E-state index in [2.05, 4.69) is 0 Å². The Morgan fingerprint density at radius 3 is 2.73 bits per heavy atom. The molecule has 3 nitrogen and oxygen atoms in total. The zero-order valence-electron chi connectivity index (χ0n) is 9.63. The molecule has 82 valence electrons. The molecular formula is C12H17NO2. The van der Waals surface area contributed by atoms with Crippen LogP contribution in [0.3, 0.4) is 0 Å². The van der Waals surface area contributed by atoms with Crippen molar-refractivity contribution in [1.29, 1.82) is 5.41 Å². The Morgan fingerprint density at radius 1 is 1.60 bits per heavy atom. The third kappa shape index (κ3) is 2.17. The number of hydrogen-bond donors (Lipinski definition) is 1. The lowest BCUT2D eigenvalue weighted by Crippen LogP contribution is -2.24. The van der Waals surface area contributed by atoms with E-state index in [1.807, 2.05) is 26.0 Å². The number of ether oxygens (including phenoxy) is 1. The molecule has 0 saturated carbocycles. The normalized spacial score (nSPS) is 30.8. The molecular weight excluding hydrogens is 190 g/mol. The molecule has 3 heteroatoms. The predicted molar refractivity (Wildman–Crippen MR) is 59.9 cm³/mol. The fraction of sp³-hybridized carbons (Fsp3) is 0.500. The van der Waals surface area contributed by atoms with E-state index in [-0.39, 0.29) is 11.9 Å². The minimum absolute atomic E-state index is 0.0488. The summed E-state index contributed by atoms with van der Waals surface area (Å²) in [5.41, 5.74) is 0.648. The largest absolute Gasteiger partial charge is 0.468 e. The van der Waals surface area contributed by atoms with Gasteiger partial charge in [-0.25, -0.2) is 0 Å². The highest BCUT2D eigenvalue weighted by Gasteiger charge is 2.31. The molecule has 0 bridgehead atoms. The molecule has 0 amide bonds. The first-order valence-corrected chi connectivity index (χ1v) is 4.97. The van der Waals surface area contributed by atoms with Crippen LogP contribution in [0.5, 0.6) is 0 Å². The van der Waals surface area contributed by atoms with Gasteiger partial charge in [0.2, 0.25) is 0 Å². The van der Waals surface area contributed by atoms with Crippen LogP contribution in [0.25, 0.3) is 0 Å². The second-order valence-corrected chi connectivity index (χ2v) is 4.16. The number of carbonyl (C=O) groups excluding carboxylic acids is 1. The molecule has 1 N–H and O–H groups in total. The van der Waals surface area contributed by atoms with Crippen molar-refractivity contribution in [2.45, 2.75) is 20.8 Å². The van der Waals surface area contributed by atoms with E-state index >= 15 is 0 Å². The van der Waals surface area contributed by atoms with Gasteiger partial charge < -0.3 is 10.1 Å². The first-order chi connectivity index (χ1) is 6.90. The van der Waals surface area contributed by atoms with Crippen LogP contribution >= 0.6 is 0 Å². The Balaban J connectivity index is 3.17. The van der Waals surface area contributed by atoms with Gasteiger partial charge in [-0.2, -0.15) is 0 Å². The Morgan fingerprint density at radius 2 is 2.20 bits per heavy atom. The summed E-state index contributed by atoms with van der Waals surface area (Å²) in [6, 6.07) is 0. The van der Waals surface area contributed by atoms with Crippen LogP contribution in [0.1, 0.15) is 20.8 Å². The second kappa shape index (κ2) is 4.01. The molecule has 15 heavy (non-hydrogen) atoms. The van der Waals surface area contributed by atoms with Crippen LogP contribution in [0.4, 0.5) is 0 Å². The fourth-order valence-electron chi connectivity index (χ4n) is 1.72. The van der Waals surface area contributed by atoms with E-state index in [0.29, 0.717) is 5.71 Å². The maximum Gasteiger partial charge on any atom is 0.319 e. The van der Waals surface area contributed by atoms with E-state index in [9.17, 15) is 4.79 Å². The van der Waals surface area contributed by atoms with E-state index in [0.717, 1.165) is 5.57 Å². The van der Waals surface area contributed by atoms with Crippen LogP contribution in [-0.4, -0.2) is 18.8 Å². The number of hydrogen-bond acceptors (Lipinski definition) is 3. The summed E-state index contributed by atoms with van der Waals surface area (Å²) in [5, 5.41) is 7.84. The Kier molecular flexibility index (Phi) is 3.12. The number of allylic oxidation sites excluding steroid dienone is 2. The van der Waals surface area contributed by atoms with Crippen molar-refractivity contribution in [3.63, 3.8) is 0 Å². The van der Waals surface area contributed by atoms with E-state index in [4.69, 9.17) is 10.1 Å². The summed E-state index contributed by atoms with van der Waals surface area (Å²) in [6.45, 7) is 5.59. The van der Waals surface area contributed by atoms with Crippen molar-refractivity contribution in [3.8, 4) is 0 Å². The molecule has 1 aliphatic carbocycles. The highest BCUT2D eigenvalue weighted by Crippen LogP contribution is 2.29. The third-order valence-electron chi connectivity index (χ3n) is 2.75. The molecule has 0 heterocycles. The van der Waals surface area contributed by atoms with Crippen LogP contribution in [0.2, 0.25) is 0 Å². The summed E-state index contributed by atoms with van der Waals surface area (Å²) in [4.78, 5) is 11.6. The molecule has 1 rings (SSSR count). The van der Waals surface area contributed by atoms with Crippen LogP contribution < -0.4 is 0 Å². The predicted octanol–water partition coefficient (Wildman–Crippen LogP) is 2.34. The number of rotatable bonds is 1. The number of nitrogens with one attached hydrogen (secondary N) is 1. The highest BCUT2D eigenvalue weighted by atomic mass is 16.5. The topological polar surface area (TPSA) is 50.2 Å². The molecule has 0 fully saturated rings. The number of carbonyl (C=O) groups is 1. The van der Waals surface area contributed by atoms with Gasteiger partial charge in [-0.3, -0.25) is 4.79 Å². The van der Waals surface area contributed by atoms with Gasteiger partial charge in [0.1, 0.15) is 5.41 Å². The fourth-order valence-corrected chi connectivity index (χ4v) is 1.72. The van der Waals surface area contributed by atoms with Gasteiger partial charge in [0, 0.05) is 11.6 Å². The minimum Gasteiger partial charge on any atom is -0.468 e. The summed E-state index contributed by atoms with van der Waals surface area (Å²) in [7, 11) is 1.38. The maximum atomic E-state index is 11.6. The van der Waals surface area contributed by atoms with Crippen molar-refractivity contribution in [1.82, 2.24) is 0 Å². The van der Waals surface area contributed by atoms with Gasteiger partial charge in [-0.15, -0.1) is 0 Å². The minimum atomic E-state index is -0.740. The zero-order valence-corrected chi connectivity index (χ0v) is 9.63. The molecule has 1 aliphatic rings. The maximum absolute atomic E-state index is 11.6. The first kappa shape index (κ1) is 11.7. The Bertz CT molecular complexity index is 355. The summed E-state index contributed by atoms with van der Waals surface area (Å²) >= 11 is 0. The van der Waals surface area contributed by atoms with Crippen LogP contribution in [-0.2, 0) is 9.53 Å². The monoisotopic (exact) mass is 207 g/mol. The van der Waals surface area contributed by atoms with Crippen LogP contribution in [0, 0.1) is 16.7 Å². The van der Waals surface area contributed by atoms with Gasteiger partial charge >= 0.3 is 5.97 Å². The lowest BCUT2D eigenvalue weighted by Gasteiger charge is -2.18. The molecule has 2 unspecified atom stereocenters. The molecule has 0 spiro atoms. The number of esters is 1. The second-order valence-electron chi connectivity index (χ2n) is 4.16. The van der Waals surface area contributed by atoms with Gasteiger partial charge in [0.15, 0.2) is 0 Å². The smallest absolute Gasteiger partial charge is 0.319 e. The van der Waals surface area contributed by atoms with Crippen LogP contribution in [0.15, 0.2) is 23.8 Å². The van der Waals surface area contributed by atoms with Gasteiger partial charge in [-0.1, -0.05) is 25.2 Å². The van der Waals surface area contributed by atoms with Gasteiger partial charge in [0.25, 0.3) is 0 Å². The third-order valence-corrected chi connectivity index (χ3v) is 2.75. The van der Waals surface area contributed by atoms with Crippen molar-refractivity contribution < 1.29 is 9.53 Å². The van der Waals surface area contributed by atoms with Gasteiger partial charge in [-0.05, 0) is 19.4 Å². The quantitative estimate of drug-likeness (QED) is 0.530. The molecule has 0 aliphatic heterocycles. The average molecular weight is 207 g/mol. The van der Waals surface area contributed by atoms with Crippen molar-refractivity contribution in [2.24, 2.45) is 11.3 Å². The van der Waals surface area contributed by atoms with E-state index < -0.39 is 5.41 Å². The Hall–Kier alpha value is -1.38. The summed E-state index contributed by atoms with van der Waals surface area (Å²) in [6.07, 6.45) is 5.49. The molecule has 0 aromatic carbocycles. The molecule has 2 atom stereocenters. The molecule has 0 aromatic rings. The average Bonchev–Trinajstić information content (AvgIpc) is 2.31. The van der Waals surface area contributed by atoms with Gasteiger partial charge in [0.05, 0.1) is 7.11 Å². The zero-order chi connectivity index (χ0) is 11.6. The van der Waals surface area contributed by atoms with Crippen molar-refractivity contribution in [2.75, 3.05) is 7.11 Å².